The lowest BCUT2D eigenvalue weighted by Gasteiger charge is -2.31. The molecule has 1 saturated carbocycles. The molecule has 26 heavy (non-hydrogen) atoms. The van der Waals surface area contributed by atoms with Gasteiger partial charge < -0.3 is 19.4 Å². The average Bonchev–Trinajstić information content (AvgIpc) is 3.23. The molecule has 0 bridgehead atoms. The number of carbonyl (C=O) groups excluding carboxylic acids is 1. The highest BCUT2D eigenvalue weighted by Gasteiger charge is 2.42. The number of fused-ring (bicyclic) bond motifs is 1. The molecule has 2 aliphatic rings. The molecule has 0 unspecified atom stereocenters. The van der Waals surface area contributed by atoms with Gasteiger partial charge >= 0.3 is 0 Å². The van der Waals surface area contributed by atoms with Gasteiger partial charge in [-0.3, -0.25) is 4.79 Å². The van der Waals surface area contributed by atoms with Gasteiger partial charge in [0.2, 0.25) is 5.91 Å². The van der Waals surface area contributed by atoms with Crippen molar-refractivity contribution in [3.63, 3.8) is 0 Å². The van der Waals surface area contributed by atoms with Gasteiger partial charge in [-0.05, 0) is 31.9 Å². The molecule has 2 heterocycles. The first-order chi connectivity index (χ1) is 12.7. The van der Waals surface area contributed by atoms with Gasteiger partial charge in [-0.1, -0.05) is 18.2 Å². The number of aromatic nitrogens is 3. The molecular formula is C18H22N4O3S. The molecule has 1 aliphatic carbocycles. The van der Waals surface area contributed by atoms with Crippen molar-refractivity contribution >= 4 is 23.4 Å². The normalized spacial score (nSPS) is 17.4. The number of amides is 1. The number of aryl methyl sites for hydroxylation is 1. The van der Waals surface area contributed by atoms with Crippen molar-refractivity contribution in [1.82, 2.24) is 14.8 Å². The van der Waals surface area contributed by atoms with Crippen LogP contribution >= 0.6 is 11.8 Å². The Morgan fingerprint density at radius 3 is 2.88 bits per heavy atom. The van der Waals surface area contributed by atoms with Gasteiger partial charge in [-0.2, -0.15) is 0 Å². The smallest absolute Gasteiger partial charge is 0.251 e. The summed E-state index contributed by atoms with van der Waals surface area (Å²) in [6, 6.07) is 5.56. The Labute approximate surface area is 156 Å². The third kappa shape index (κ3) is 3.51. The van der Waals surface area contributed by atoms with E-state index >= 15 is 0 Å². The molecule has 1 amide bonds. The van der Waals surface area contributed by atoms with E-state index in [1.807, 2.05) is 29.7 Å². The standard InChI is InChI=1S/C18H22N4O3S/c1-2-22-12-19-21-17(22)26-11-16(23)20-13-6-7-14-15(10-13)25-18(24-14)8-4-3-5-9-18/h6-7,10,12H,2-5,8-9,11H2,1H3,(H,20,23). The van der Waals surface area contributed by atoms with Gasteiger partial charge in [0.15, 0.2) is 16.7 Å². The maximum atomic E-state index is 12.2. The molecule has 1 aliphatic heterocycles. The van der Waals surface area contributed by atoms with Crippen molar-refractivity contribution in [2.24, 2.45) is 0 Å². The van der Waals surface area contributed by atoms with E-state index in [-0.39, 0.29) is 11.7 Å². The molecule has 1 aromatic carbocycles. The Bertz CT molecular complexity index is 801. The molecule has 1 spiro atoms. The summed E-state index contributed by atoms with van der Waals surface area (Å²) in [7, 11) is 0. The minimum absolute atomic E-state index is 0.0908. The van der Waals surface area contributed by atoms with Crippen LogP contribution in [0.4, 0.5) is 5.69 Å². The molecule has 1 aromatic heterocycles. The maximum absolute atomic E-state index is 12.2. The second kappa shape index (κ2) is 7.19. The molecule has 0 saturated heterocycles. The zero-order chi connectivity index (χ0) is 18.0. The summed E-state index contributed by atoms with van der Waals surface area (Å²) in [5, 5.41) is 11.5. The van der Waals surface area contributed by atoms with E-state index in [2.05, 4.69) is 15.5 Å². The summed E-state index contributed by atoms with van der Waals surface area (Å²) in [6.07, 6.45) is 6.97. The Hall–Kier alpha value is -2.22. The lowest BCUT2D eigenvalue weighted by atomic mass is 9.94. The number of rotatable bonds is 5. The second-order valence-corrected chi connectivity index (χ2v) is 7.52. The van der Waals surface area contributed by atoms with Crippen LogP contribution in [0.15, 0.2) is 29.7 Å². The fourth-order valence-electron chi connectivity index (χ4n) is 3.37. The van der Waals surface area contributed by atoms with E-state index in [4.69, 9.17) is 9.47 Å². The molecule has 138 valence electrons. The van der Waals surface area contributed by atoms with E-state index in [0.29, 0.717) is 11.4 Å². The molecule has 2 aromatic rings. The van der Waals surface area contributed by atoms with Crippen LogP contribution in [0.2, 0.25) is 0 Å². The second-order valence-electron chi connectivity index (χ2n) is 6.57. The fraction of sp³-hybridized carbons (Fsp3) is 0.500. The van der Waals surface area contributed by atoms with Gasteiger partial charge in [0, 0.05) is 31.1 Å². The van der Waals surface area contributed by atoms with Gasteiger partial charge in [-0.25, -0.2) is 0 Å². The van der Waals surface area contributed by atoms with E-state index in [1.54, 1.807) is 6.33 Å². The van der Waals surface area contributed by atoms with Crippen molar-refractivity contribution in [2.45, 2.75) is 56.5 Å². The van der Waals surface area contributed by atoms with E-state index in [0.717, 1.165) is 43.1 Å². The number of hydrogen-bond donors (Lipinski definition) is 1. The topological polar surface area (TPSA) is 78.3 Å². The zero-order valence-electron chi connectivity index (χ0n) is 14.7. The molecule has 1 fully saturated rings. The Balaban J connectivity index is 1.36. The first kappa shape index (κ1) is 17.2. The van der Waals surface area contributed by atoms with Crippen molar-refractivity contribution < 1.29 is 14.3 Å². The number of nitrogens with zero attached hydrogens (tertiary/aromatic N) is 3. The van der Waals surface area contributed by atoms with Crippen molar-refractivity contribution in [2.75, 3.05) is 11.1 Å². The molecule has 0 atom stereocenters. The van der Waals surface area contributed by atoms with Gasteiger partial charge in [-0.15, -0.1) is 10.2 Å². The lowest BCUT2D eigenvalue weighted by molar-refractivity contribution is -0.113. The summed E-state index contributed by atoms with van der Waals surface area (Å²) < 4.78 is 14.1. The zero-order valence-corrected chi connectivity index (χ0v) is 15.6. The fourth-order valence-corrected chi connectivity index (χ4v) is 4.15. The maximum Gasteiger partial charge on any atom is 0.251 e. The highest BCUT2D eigenvalue weighted by Crippen LogP contribution is 2.46. The molecular weight excluding hydrogens is 352 g/mol. The van der Waals surface area contributed by atoms with Gasteiger partial charge in [0.1, 0.15) is 6.33 Å². The lowest BCUT2D eigenvalue weighted by Crippen LogP contribution is -2.40. The van der Waals surface area contributed by atoms with Crippen molar-refractivity contribution in [1.29, 1.82) is 0 Å². The van der Waals surface area contributed by atoms with Crippen LogP contribution in [0.1, 0.15) is 39.0 Å². The molecule has 7 nitrogen and oxygen atoms in total. The SMILES string of the molecule is CCn1cnnc1SCC(=O)Nc1ccc2c(c1)OC1(CCCCC1)O2. The highest BCUT2D eigenvalue weighted by molar-refractivity contribution is 7.99. The Kier molecular flexibility index (Phi) is 4.76. The predicted molar refractivity (Wildman–Crippen MR) is 98.6 cm³/mol. The Morgan fingerprint density at radius 1 is 1.27 bits per heavy atom. The number of ether oxygens (including phenoxy) is 2. The summed E-state index contributed by atoms with van der Waals surface area (Å²) in [6.45, 7) is 2.79. The number of anilines is 1. The minimum atomic E-state index is -0.497. The summed E-state index contributed by atoms with van der Waals surface area (Å²) >= 11 is 1.37. The van der Waals surface area contributed by atoms with Crippen molar-refractivity contribution in [3.8, 4) is 11.5 Å². The first-order valence-corrected chi connectivity index (χ1v) is 9.98. The average molecular weight is 374 g/mol. The quantitative estimate of drug-likeness (QED) is 0.808. The Morgan fingerprint density at radius 2 is 2.08 bits per heavy atom. The largest absolute Gasteiger partial charge is 0.448 e. The third-order valence-corrected chi connectivity index (χ3v) is 5.67. The molecule has 4 rings (SSSR count). The molecule has 8 heteroatoms. The van der Waals surface area contributed by atoms with Gasteiger partial charge in [0.25, 0.3) is 5.79 Å². The van der Waals surface area contributed by atoms with Crippen LogP contribution in [0, 0.1) is 0 Å². The number of hydrogen-bond acceptors (Lipinski definition) is 6. The van der Waals surface area contributed by atoms with E-state index in [1.165, 1.54) is 18.2 Å². The highest BCUT2D eigenvalue weighted by atomic mass is 32.2. The van der Waals surface area contributed by atoms with Crippen LogP contribution in [-0.4, -0.2) is 32.2 Å². The predicted octanol–water partition coefficient (Wildman–Crippen LogP) is 3.46. The van der Waals surface area contributed by atoms with E-state index in [9.17, 15) is 4.79 Å². The molecule has 1 N–H and O–H groups in total. The number of benzene rings is 1. The van der Waals surface area contributed by atoms with Crippen LogP contribution in [0.5, 0.6) is 11.5 Å². The van der Waals surface area contributed by atoms with Gasteiger partial charge in [0.05, 0.1) is 5.75 Å². The number of nitrogens with one attached hydrogen (secondary N) is 1. The van der Waals surface area contributed by atoms with Crippen molar-refractivity contribution in [3.05, 3.63) is 24.5 Å². The van der Waals surface area contributed by atoms with Crippen LogP contribution in [0.25, 0.3) is 0 Å². The number of thioether (sulfide) groups is 1. The van der Waals surface area contributed by atoms with E-state index < -0.39 is 5.79 Å². The first-order valence-electron chi connectivity index (χ1n) is 9.00. The van der Waals surface area contributed by atoms with Crippen LogP contribution < -0.4 is 14.8 Å². The van der Waals surface area contributed by atoms with Crippen LogP contribution in [0.3, 0.4) is 0 Å². The number of carbonyl (C=O) groups is 1. The molecule has 0 radical (unpaired) electrons. The summed E-state index contributed by atoms with van der Waals surface area (Å²) in [4.78, 5) is 12.2. The monoisotopic (exact) mass is 374 g/mol. The summed E-state index contributed by atoms with van der Waals surface area (Å²) in [5.41, 5.74) is 0.711. The van der Waals surface area contributed by atoms with Crippen LogP contribution in [-0.2, 0) is 11.3 Å². The minimum Gasteiger partial charge on any atom is -0.448 e. The summed E-state index contributed by atoms with van der Waals surface area (Å²) in [5.74, 6) is 1.16. The third-order valence-electron chi connectivity index (χ3n) is 4.69.